The predicted octanol–water partition coefficient (Wildman–Crippen LogP) is 3.70. The number of rotatable bonds is 6. The molecule has 0 aliphatic carbocycles. The quantitative estimate of drug-likeness (QED) is 0.527. The van der Waals surface area contributed by atoms with Crippen LogP contribution in [0.25, 0.3) is 5.69 Å². The lowest BCUT2D eigenvalue weighted by atomic mass is 10.2. The summed E-state index contributed by atoms with van der Waals surface area (Å²) in [5, 5.41) is 8.58. The lowest BCUT2D eigenvalue weighted by Gasteiger charge is -2.20. The van der Waals surface area contributed by atoms with Crippen LogP contribution in [0, 0.1) is 0 Å². The van der Waals surface area contributed by atoms with Crippen molar-refractivity contribution in [1.29, 1.82) is 0 Å². The van der Waals surface area contributed by atoms with E-state index in [1.54, 1.807) is 11.2 Å². The summed E-state index contributed by atoms with van der Waals surface area (Å²) >= 11 is 0. The summed E-state index contributed by atoms with van der Waals surface area (Å²) in [6.07, 6.45) is 3.10. The normalized spacial score (nSPS) is 10.7. The van der Waals surface area contributed by atoms with Gasteiger partial charge in [0.25, 0.3) is 5.91 Å². The zero-order chi connectivity index (χ0) is 18.5. The Balaban J connectivity index is 1.59. The van der Waals surface area contributed by atoms with Crippen LogP contribution in [0.1, 0.15) is 21.8 Å². The van der Waals surface area contributed by atoms with Gasteiger partial charge in [-0.05, 0) is 29.8 Å². The van der Waals surface area contributed by atoms with Gasteiger partial charge < -0.3 is 9.32 Å². The first-order chi connectivity index (χ1) is 13.3. The summed E-state index contributed by atoms with van der Waals surface area (Å²) in [6.45, 7) is 0.817. The fourth-order valence-electron chi connectivity index (χ4n) is 2.80. The van der Waals surface area contributed by atoms with Crippen molar-refractivity contribution >= 4 is 5.91 Å². The van der Waals surface area contributed by atoms with Crippen molar-refractivity contribution in [2.75, 3.05) is 0 Å². The average molecular weight is 358 g/mol. The van der Waals surface area contributed by atoms with Crippen molar-refractivity contribution in [3.8, 4) is 5.69 Å². The van der Waals surface area contributed by atoms with Crippen molar-refractivity contribution in [3.63, 3.8) is 0 Å². The second kappa shape index (κ2) is 7.70. The van der Waals surface area contributed by atoms with Crippen LogP contribution in [0.3, 0.4) is 0 Å². The molecule has 6 heteroatoms. The summed E-state index contributed by atoms with van der Waals surface area (Å²) in [5.41, 5.74) is 2.13. The van der Waals surface area contributed by atoms with Crippen LogP contribution in [-0.2, 0) is 13.1 Å². The first kappa shape index (κ1) is 16.8. The summed E-state index contributed by atoms with van der Waals surface area (Å²) in [6, 6.07) is 23.0. The zero-order valence-corrected chi connectivity index (χ0v) is 14.6. The summed E-state index contributed by atoms with van der Waals surface area (Å²) in [5.74, 6) is 0.521. The van der Waals surface area contributed by atoms with Gasteiger partial charge in [-0.3, -0.25) is 4.79 Å². The van der Waals surface area contributed by atoms with Gasteiger partial charge in [0.15, 0.2) is 5.69 Å². The molecule has 2 aromatic heterocycles. The topological polar surface area (TPSA) is 64.2 Å². The van der Waals surface area contributed by atoms with Gasteiger partial charge in [0, 0.05) is 6.54 Å². The molecule has 0 radical (unpaired) electrons. The largest absolute Gasteiger partial charge is 0.467 e. The van der Waals surface area contributed by atoms with E-state index < -0.39 is 0 Å². The van der Waals surface area contributed by atoms with Crippen molar-refractivity contribution in [2.24, 2.45) is 0 Å². The number of carbonyl (C=O) groups is 1. The highest BCUT2D eigenvalue weighted by Gasteiger charge is 2.21. The highest BCUT2D eigenvalue weighted by molar-refractivity contribution is 5.91. The molecule has 0 saturated heterocycles. The van der Waals surface area contributed by atoms with E-state index in [0.29, 0.717) is 18.8 Å². The molecule has 6 nitrogen and oxygen atoms in total. The molecular formula is C21H18N4O2. The minimum absolute atomic E-state index is 0.197. The number of carbonyl (C=O) groups excluding carboxylic acids is 1. The molecule has 1 amide bonds. The van der Waals surface area contributed by atoms with Crippen LogP contribution in [0.4, 0.5) is 0 Å². The summed E-state index contributed by atoms with van der Waals surface area (Å²) < 4.78 is 5.43. The molecule has 4 rings (SSSR count). The fourth-order valence-corrected chi connectivity index (χ4v) is 2.80. The molecule has 0 spiro atoms. The van der Waals surface area contributed by atoms with Gasteiger partial charge in [-0.25, -0.2) is 0 Å². The Bertz CT molecular complexity index is 995. The van der Waals surface area contributed by atoms with Crippen molar-refractivity contribution in [1.82, 2.24) is 19.9 Å². The first-order valence-corrected chi connectivity index (χ1v) is 8.63. The van der Waals surface area contributed by atoms with Crippen LogP contribution < -0.4 is 0 Å². The molecule has 0 saturated carbocycles. The molecule has 0 N–H and O–H groups in total. The van der Waals surface area contributed by atoms with Crippen molar-refractivity contribution < 1.29 is 9.21 Å². The Kier molecular flexibility index (Phi) is 4.78. The van der Waals surface area contributed by atoms with Gasteiger partial charge in [0.2, 0.25) is 0 Å². The molecule has 0 fully saturated rings. The predicted molar refractivity (Wildman–Crippen MR) is 100 cm³/mol. The average Bonchev–Trinajstić information content (AvgIpc) is 3.41. The number of hydrogen-bond donors (Lipinski definition) is 0. The maximum atomic E-state index is 13.1. The molecular weight excluding hydrogens is 340 g/mol. The van der Waals surface area contributed by atoms with E-state index in [2.05, 4.69) is 10.2 Å². The molecule has 2 aromatic carbocycles. The van der Waals surface area contributed by atoms with Crippen LogP contribution >= 0.6 is 0 Å². The maximum absolute atomic E-state index is 13.1. The van der Waals surface area contributed by atoms with Gasteiger partial charge >= 0.3 is 0 Å². The van der Waals surface area contributed by atoms with Gasteiger partial charge in [0.05, 0.1) is 24.7 Å². The third kappa shape index (κ3) is 3.95. The molecule has 27 heavy (non-hydrogen) atoms. The first-order valence-electron chi connectivity index (χ1n) is 8.63. The van der Waals surface area contributed by atoms with E-state index in [1.807, 2.05) is 72.8 Å². The minimum atomic E-state index is -0.197. The number of amides is 1. The third-order valence-corrected chi connectivity index (χ3v) is 4.13. The zero-order valence-electron chi connectivity index (χ0n) is 14.6. The monoisotopic (exact) mass is 358 g/mol. The number of furan rings is 1. The smallest absolute Gasteiger partial charge is 0.276 e. The highest BCUT2D eigenvalue weighted by Crippen LogP contribution is 2.14. The number of nitrogens with zero attached hydrogens (tertiary/aromatic N) is 4. The minimum Gasteiger partial charge on any atom is -0.467 e. The van der Waals surface area contributed by atoms with Gasteiger partial charge in [-0.1, -0.05) is 48.5 Å². The number of hydrogen-bond acceptors (Lipinski definition) is 4. The number of para-hydroxylation sites is 1. The molecule has 0 atom stereocenters. The van der Waals surface area contributed by atoms with E-state index in [4.69, 9.17) is 4.42 Å². The SMILES string of the molecule is O=C(c1cnn(-c2ccccc2)n1)N(Cc1ccccc1)Cc1ccco1. The van der Waals surface area contributed by atoms with E-state index in [1.165, 1.54) is 11.0 Å². The van der Waals surface area contributed by atoms with Gasteiger partial charge in [-0.15, -0.1) is 5.10 Å². The van der Waals surface area contributed by atoms with E-state index in [-0.39, 0.29) is 5.91 Å². The standard InChI is InChI=1S/C21H18N4O2/c26-21(20-14-22-25(23-20)18-10-5-2-6-11-18)24(16-19-12-7-13-27-19)15-17-8-3-1-4-9-17/h1-14H,15-16H2. The van der Waals surface area contributed by atoms with E-state index in [9.17, 15) is 4.79 Å². The van der Waals surface area contributed by atoms with Gasteiger partial charge in [0.1, 0.15) is 5.76 Å². The molecule has 4 aromatic rings. The molecule has 0 bridgehead atoms. The Morgan fingerprint density at radius 2 is 1.67 bits per heavy atom. The van der Waals surface area contributed by atoms with Crippen molar-refractivity contribution in [2.45, 2.75) is 13.1 Å². The summed E-state index contributed by atoms with van der Waals surface area (Å²) in [4.78, 5) is 16.2. The van der Waals surface area contributed by atoms with E-state index >= 15 is 0 Å². The Hall–Kier alpha value is -3.67. The van der Waals surface area contributed by atoms with Crippen LogP contribution in [-0.4, -0.2) is 25.8 Å². The Morgan fingerprint density at radius 3 is 2.37 bits per heavy atom. The molecule has 0 aliphatic rings. The maximum Gasteiger partial charge on any atom is 0.276 e. The molecule has 2 heterocycles. The van der Waals surface area contributed by atoms with Crippen LogP contribution in [0.2, 0.25) is 0 Å². The molecule has 134 valence electrons. The van der Waals surface area contributed by atoms with Crippen LogP contribution in [0.15, 0.2) is 89.7 Å². The Labute approximate surface area is 156 Å². The second-order valence-electron chi connectivity index (χ2n) is 6.08. The number of benzene rings is 2. The third-order valence-electron chi connectivity index (χ3n) is 4.13. The fraction of sp³-hybridized carbons (Fsp3) is 0.0952. The molecule has 0 unspecified atom stereocenters. The highest BCUT2D eigenvalue weighted by atomic mass is 16.3. The van der Waals surface area contributed by atoms with Crippen molar-refractivity contribution in [3.05, 3.63) is 102 Å². The second-order valence-corrected chi connectivity index (χ2v) is 6.08. The van der Waals surface area contributed by atoms with Crippen LogP contribution in [0.5, 0.6) is 0 Å². The molecule has 0 aliphatic heterocycles. The lowest BCUT2D eigenvalue weighted by molar-refractivity contribution is 0.0711. The van der Waals surface area contributed by atoms with Gasteiger partial charge in [-0.2, -0.15) is 9.90 Å². The summed E-state index contributed by atoms with van der Waals surface area (Å²) in [7, 11) is 0. The Morgan fingerprint density at radius 1 is 0.926 bits per heavy atom. The number of aromatic nitrogens is 3. The lowest BCUT2D eigenvalue weighted by Crippen LogP contribution is -2.30. The van der Waals surface area contributed by atoms with E-state index in [0.717, 1.165) is 17.0 Å².